The van der Waals surface area contributed by atoms with Crippen LogP contribution in [0, 0.1) is 10.1 Å². The highest BCUT2D eigenvalue weighted by Gasteiger charge is 2.22. The molecule has 2 heterocycles. The van der Waals surface area contributed by atoms with Crippen molar-refractivity contribution in [1.82, 2.24) is 4.98 Å². The largest absolute Gasteiger partial charge is 0.379 e. The first-order valence-corrected chi connectivity index (χ1v) is 11.0. The number of pyridine rings is 1. The number of hydrogen-bond acceptors (Lipinski definition) is 11. The van der Waals surface area contributed by atoms with Crippen molar-refractivity contribution in [3.8, 4) is 5.75 Å². The molecule has 0 spiro atoms. The number of benzene rings is 2. The van der Waals surface area contributed by atoms with E-state index in [0.29, 0.717) is 27.4 Å². The van der Waals surface area contributed by atoms with Gasteiger partial charge >= 0.3 is 10.1 Å². The molecule has 1 atom stereocenters. The summed E-state index contributed by atoms with van der Waals surface area (Å²) >= 11 is 1.39. The maximum atomic E-state index is 12.5. The number of nitrogens with zero attached hydrogens (tertiary/aromatic N) is 3. The van der Waals surface area contributed by atoms with Crippen molar-refractivity contribution >= 4 is 43.5 Å². The van der Waals surface area contributed by atoms with Crippen molar-refractivity contribution < 1.29 is 32.7 Å². The summed E-state index contributed by atoms with van der Waals surface area (Å²) in [5.41, 5.74) is 0.954. The molecule has 1 unspecified atom stereocenters. The minimum atomic E-state index is -4.17. The highest BCUT2D eigenvalue weighted by Crippen LogP contribution is 2.27. The number of hydrogen-bond donors (Lipinski definition) is 1. The molecule has 0 saturated heterocycles. The van der Waals surface area contributed by atoms with Gasteiger partial charge in [0, 0.05) is 23.3 Å². The molecule has 160 valence electrons. The molecule has 1 N–H and O–H groups in total. The van der Waals surface area contributed by atoms with Gasteiger partial charge in [0.15, 0.2) is 6.23 Å². The van der Waals surface area contributed by atoms with Gasteiger partial charge in [-0.2, -0.15) is 13.3 Å². The Morgan fingerprint density at radius 1 is 1.13 bits per heavy atom. The fourth-order valence-corrected chi connectivity index (χ4v) is 4.59. The second kappa shape index (κ2) is 8.56. The quantitative estimate of drug-likeness (QED) is 0.239. The van der Waals surface area contributed by atoms with Crippen molar-refractivity contribution in [3.63, 3.8) is 0 Å². The van der Waals surface area contributed by atoms with Gasteiger partial charge in [0.1, 0.15) is 15.7 Å². The second-order valence-electron chi connectivity index (χ2n) is 6.21. The zero-order valence-corrected chi connectivity index (χ0v) is 17.1. The van der Waals surface area contributed by atoms with Crippen molar-refractivity contribution in [1.29, 1.82) is 0 Å². The van der Waals surface area contributed by atoms with E-state index in [1.54, 1.807) is 18.2 Å². The Morgan fingerprint density at radius 3 is 2.61 bits per heavy atom. The summed E-state index contributed by atoms with van der Waals surface area (Å²) in [5.74, 6) is 0.532. The summed E-state index contributed by atoms with van der Waals surface area (Å²) in [6.07, 6.45) is -0.636. The van der Waals surface area contributed by atoms with E-state index in [9.17, 15) is 18.5 Å². The minimum absolute atomic E-state index is 0.0709. The van der Waals surface area contributed by atoms with E-state index in [-0.39, 0.29) is 16.3 Å². The van der Waals surface area contributed by atoms with E-state index in [4.69, 9.17) is 9.44 Å². The highest BCUT2D eigenvalue weighted by molar-refractivity contribution is 8.14. The first-order chi connectivity index (χ1) is 14.9. The standard InChI is InChI=1S/C18H13N3O8S2/c22-21(23)12-2-5-14(6-3-12)31(25,26)28-13-4-8-15-11(9-13)1-7-16(19-15)18-20-17(10-30-18)27-29-24/h1-9,17,24H,10H2. The van der Waals surface area contributed by atoms with Crippen LogP contribution < -0.4 is 4.18 Å². The number of aromatic nitrogens is 1. The van der Waals surface area contributed by atoms with Crippen LogP contribution in [0.1, 0.15) is 5.69 Å². The molecule has 2 aromatic carbocycles. The third kappa shape index (κ3) is 4.65. The Bertz CT molecular complexity index is 1280. The molecule has 1 aromatic heterocycles. The molecule has 0 fully saturated rings. The zero-order valence-electron chi connectivity index (χ0n) is 15.4. The summed E-state index contributed by atoms with van der Waals surface area (Å²) in [6.45, 7) is 0. The number of thioether (sulfide) groups is 1. The molecule has 3 aromatic rings. The van der Waals surface area contributed by atoms with Crippen LogP contribution in [0.5, 0.6) is 5.75 Å². The Morgan fingerprint density at radius 2 is 1.90 bits per heavy atom. The zero-order chi connectivity index (χ0) is 22.0. The fourth-order valence-electron chi connectivity index (χ4n) is 2.78. The van der Waals surface area contributed by atoms with E-state index in [1.807, 2.05) is 0 Å². The topological polar surface area (TPSA) is 150 Å². The predicted molar refractivity (Wildman–Crippen MR) is 110 cm³/mol. The first-order valence-electron chi connectivity index (χ1n) is 8.63. The molecule has 1 aliphatic rings. The van der Waals surface area contributed by atoms with Crippen LogP contribution >= 0.6 is 11.8 Å². The summed E-state index contributed by atoms with van der Waals surface area (Å²) < 4.78 is 30.1. The van der Waals surface area contributed by atoms with Crippen molar-refractivity contribution in [2.75, 3.05) is 5.75 Å². The van der Waals surface area contributed by atoms with Crippen LogP contribution in [0.3, 0.4) is 0 Å². The SMILES string of the molecule is O=[N+]([O-])c1ccc(S(=O)(=O)Oc2ccc3nc(C4=NC(OOO)CS4)ccc3c2)cc1. The van der Waals surface area contributed by atoms with Crippen molar-refractivity contribution in [2.45, 2.75) is 11.1 Å². The minimum Gasteiger partial charge on any atom is -0.379 e. The molecular formula is C18H13N3O8S2. The Hall–Kier alpha value is -3.10. The third-order valence-corrected chi connectivity index (χ3v) is 6.50. The van der Waals surface area contributed by atoms with E-state index < -0.39 is 21.3 Å². The molecular weight excluding hydrogens is 450 g/mol. The molecule has 0 amide bonds. The summed E-state index contributed by atoms with van der Waals surface area (Å²) in [5, 5.41) is 24.0. The monoisotopic (exact) mass is 463 g/mol. The number of nitro groups is 1. The van der Waals surface area contributed by atoms with Crippen molar-refractivity contribution in [2.24, 2.45) is 4.99 Å². The number of aliphatic imine (C=N–C) groups is 1. The van der Waals surface area contributed by atoms with Gasteiger partial charge in [-0.05, 0) is 36.4 Å². The number of non-ortho nitro benzene ring substituents is 1. The second-order valence-corrected chi connectivity index (χ2v) is 8.77. The van der Waals surface area contributed by atoms with Crippen LogP contribution in [0.4, 0.5) is 5.69 Å². The van der Waals surface area contributed by atoms with Crippen LogP contribution in [0.2, 0.25) is 0 Å². The Kier molecular flexibility index (Phi) is 5.84. The average molecular weight is 463 g/mol. The van der Waals surface area contributed by atoms with Crippen molar-refractivity contribution in [3.05, 3.63) is 70.4 Å². The van der Waals surface area contributed by atoms with Gasteiger partial charge in [0.05, 0.1) is 16.1 Å². The van der Waals surface area contributed by atoms with Gasteiger partial charge in [0.25, 0.3) is 5.69 Å². The lowest BCUT2D eigenvalue weighted by Crippen LogP contribution is -2.09. The molecule has 31 heavy (non-hydrogen) atoms. The van der Waals surface area contributed by atoms with Crippen LogP contribution in [-0.2, 0) is 20.0 Å². The van der Waals surface area contributed by atoms with Gasteiger partial charge in [-0.15, -0.1) is 0 Å². The first kappa shape index (κ1) is 21.1. The van der Waals surface area contributed by atoms with Gasteiger partial charge < -0.3 is 4.18 Å². The third-order valence-electron chi connectivity index (χ3n) is 4.20. The molecule has 0 radical (unpaired) electrons. The molecule has 0 saturated carbocycles. The maximum absolute atomic E-state index is 12.5. The number of fused-ring (bicyclic) bond motifs is 1. The summed E-state index contributed by atoms with van der Waals surface area (Å²) in [4.78, 5) is 23.2. The molecule has 0 aliphatic carbocycles. The molecule has 13 heteroatoms. The lowest BCUT2D eigenvalue weighted by atomic mass is 10.2. The van der Waals surface area contributed by atoms with Gasteiger partial charge in [0.2, 0.25) is 0 Å². The van der Waals surface area contributed by atoms with E-state index in [2.05, 4.69) is 19.9 Å². The fraction of sp³-hybridized carbons (Fsp3) is 0.111. The number of rotatable bonds is 7. The highest BCUT2D eigenvalue weighted by atomic mass is 32.2. The van der Waals surface area contributed by atoms with Crippen LogP contribution in [-0.4, -0.2) is 40.6 Å². The van der Waals surface area contributed by atoms with Gasteiger partial charge in [-0.1, -0.05) is 22.9 Å². The average Bonchev–Trinajstić information content (AvgIpc) is 3.22. The van der Waals surface area contributed by atoms with Gasteiger partial charge in [-0.3, -0.25) is 10.1 Å². The van der Waals surface area contributed by atoms with Crippen LogP contribution in [0.25, 0.3) is 10.9 Å². The number of nitro benzene ring substituents is 1. The normalized spacial score (nSPS) is 16.3. The van der Waals surface area contributed by atoms with E-state index in [0.717, 1.165) is 24.3 Å². The Balaban J connectivity index is 1.55. The lowest BCUT2D eigenvalue weighted by Gasteiger charge is -2.08. The summed E-state index contributed by atoms with van der Waals surface area (Å²) in [7, 11) is -4.17. The van der Waals surface area contributed by atoms with Crippen LogP contribution in [0.15, 0.2) is 64.5 Å². The van der Waals surface area contributed by atoms with Gasteiger partial charge in [-0.25, -0.2) is 15.2 Å². The van der Waals surface area contributed by atoms with E-state index in [1.165, 1.54) is 23.9 Å². The Labute approximate surface area is 179 Å². The lowest BCUT2D eigenvalue weighted by molar-refractivity contribution is -0.502. The molecule has 1 aliphatic heterocycles. The predicted octanol–water partition coefficient (Wildman–Crippen LogP) is 3.15. The maximum Gasteiger partial charge on any atom is 0.339 e. The molecule has 11 nitrogen and oxygen atoms in total. The summed E-state index contributed by atoms with van der Waals surface area (Å²) in [6, 6.07) is 12.4. The van der Waals surface area contributed by atoms with E-state index >= 15 is 0 Å². The molecule has 0 bridgehead atoms. The smallest absolute Gasteiger partial charge is 0.339 e. The molecule has 4 rings (SSSR count).